The highest BCUT2D eigenvalue weighted by Crippen LogP contribution is 2.25. The fourth-order valence-electron chi connectivity index (χ4n) is 1.58. The van der Waals surface area contributed by atoms with Crippen molar-refractivity contribution in [2.24, 2.45) is 0 Å². The maximum Gasteiger partial charge on any atom is 0.273 e. The Morgan fingerprint density at radius 1 is 1.50 bits per heavy atom. The van der Waals surface area contributed by atoms with Gasteiger partial charge in [-0.3, -0.25) is 14.9 Å². The monoisotopic (exact) mass is 192 g/mol. The largest absolute Gasteiger partial charge is 0.348 e. The molecule has 2 rings (SSSR count). The summed E-state index contributed by atoms with van der Waals surface area (Å²) in [5.41, 5.74) is 1.84. The van der Waals surface area contributed by atoms with Gasteiger partial charge in [-0.2, -0.15) is 0 Å². The highest BCUT2D eigenvalue weighted by molar-refractivity contribution is 5.99. The van der Waals surface area contributed by atoms with E-state index in [1.807, 2.05) is 0 Å². The van der Waals surface area contributed by atoms with Crippen LogP contribution in [0.3, 0.4) is 0 Å². The first kappa shape index (κ1) is 8.68. The van der Waals surface area contributed by atoms with E-state index in [2.05, 4.69) is 5.32 Å². The van der Waals surface area contributed by atoms with Gasteiger partial charge in [0.1, 0.15) is 0 Å². The number of carbonyl (C=O) groups excluding carboxylic acids is 1. The lowest BCUT2D eigenvalue weighted by Crippen LogP contribution is -2.12. The van der Waals surface area contributed by atoms with Crippen LogP contribution in [0.5, 0.6) is 0 Å². The summed E-state index contributed by atoms with van der Waals surface area (Å²) in [4.78, 5) is 21.3. The van der Waals surface area contributed by atoms with Gasteiger partial charge in [-0.15, -0.1) is 0 Å². The average Bonchev–Trinajstić information content (AvgIpc) is 2.46. The van der Waals surface area contributed by atoms with Gasteiger partial charge >= 0.3 is 0 Å². The number of nitrogens with zero attached hydrogens (tertiary/aromatic N) is 1. The van der Waals surface area contributed by atoms with Gasteiger partial charge in [-0.05, 0) is 18.6 Å². The predicted molar refractivity (Wildman–Crippen MR) is 49.0 cm³/mol. The molecule has 0 spiro atoms. The molecule has 14 heavy (non-hydrogen) atoms. The van der Waals surface area contributed by atoms with E-state index in [4.69, 9.17) is 0 Å². The van der Waals surface area contributed by atoms with Gasteiger partial charge in [0.15, 0.2) is 0 Å². The van der Waals surface area contributed by atoms with Crippen LogP contribution in [0.25, 0.3) is 0 Å². The lowest BCUT2D eigenvalue weighted by atomic mass is 10.1. The van der Waals surface area contributed by atoms with Crippen molar-refractivity contribution in [2.75, 3.05) is 0 Å². The molecule has 72 valence electrons. The molecule has 0 radical (unpaired) electrons. The summed E-state index contributed by atoms with van der Waals surface area (Å²) in [5.74, 6) is -0.233. The van der Waals surface area contributed by atoms with Crippen LogP contribution in [0.4, 0.5) is 5.69 Å². The molecule has 0 saturated heterocycles. The summed E-state index contributed by atoms with van der Waals surface area (Å²) in [6, 6.07) is 3.03. The minimum atomic E-state index is -0.471. The number of fused-ring (bicyclic) bond motifs is 1. The van der Waals surface area contributed by atoms with Crippen molar-refractivity contribution in [3.63, 3.8) is 0 Å². The first-order valence-electron chi connectivity index (χ1n) is 4.15. The Morgan fingerprint density at radius 2 is 2.21 bits per heavy atom. The van der Waals surface area contributed by atoms with Crippen molar-refractivity contribution in [2.45, 2.75) is 13.5 Å². The number of hydrogen-bond acceptors (Lipinski definition) is 3. The first-order chi connectivity index (χ1) is 6.59. The van der Waals surface area contributed by atoms with Gasteiger partial charge in [0.25, 0.3) is 11.6 Å². The number of nitrogens with one attached hydrogen (secondary N) is 1. The van der Waals surface area contributed by atoms with Crippen molar-refractivity contribution in [1.82, 2.24) is 5.32 Å². The van der Waals surface area contributed by atoms with E-state index in [0.29, 0.717) is 17.7 Å². The molecule has 0 aromatic heterocycles. The molecule has 5 nitrogen and oxygen atoms in total. The molecule has 1 N–H and O–H groups in total. The average molecular weight is 192 g/mol. The third kappa shape index (κ3) is 1.14. The molecular formula is C9H8N2O3. The minimum Gasteiger partial charge on any atom is -0.348 e. The van der Waals surface area contributed by atoms with Crippen molar-refractivity contribution >= 4 is 11.6 Å². The van der Waals surface area contributed by atoms with Crippen molar-refractivity contribution in [1.29, 1.82) is 0 Å². The van der Waals surface area contributed by atoms with E-state index in [1.54, 1.807) is 13.0 Å². The van der Waals surface area contributed by atoms with Crippen LogP contribution in [0.2, 0.25) is 0 Å². The Bertz CT molecular complexity index is 439. The fraction of sp³-hybridized carbons (Fsp3) is 0.222. The normalized spacial score (nSPS) is 13.6. The van der Waals surface area contributed by atoms with E-state index >= 15 is 0 Å². The Balaban J connectivity index is 2.62. The Labute approximate surface area is 79.9 Å². The summed E-state index contributed by atoms with van der Waals surface area (Å²) >= 11 is 0. The zero-order valence-electron chi connectivity index (χ0n) is 7.53. The summed E-state index contributed by atoms with van der Waals surface area (Å²) in [6.45, 7) is 2.13. The molecule has 0 aliphatic carbocycles. The number of nitro benzene ring substituents is 1. The van der Waals surface area contributed by atoms with E-state index < -0.39 is 4.92 Å². The predicted octanol–water partition coefficient (Wildman–Crippen LogP) is 1.15. The second-order valence-electron chi connectivity index (χ2n) is 3.24. The Kier molecular flexibility index (Phi) is 1.73. The summed E-state index contributed by atoms with van der Waals surface area (Å²) < 4.78 is 0. The number of aryl methyl sites for hydroxylation is 1. The highest BCUT2D eigenvalue weighted by Gasteiger charge is 2.23. The van der Waals surface area contributed by atoms with Crippen molar-refractivity contribution < 1.29 is 9.72 Å². The lowest BCUT2D eigenvalue weighted by molar-refractivity contribution is -0.385. The van der Waals surface area contributed by atoms with Crippen molar-refractivity contribution in [3.05, 3.63) is 38.9 Å². The third-order valence-electron chi connectivity index (χ3n) is 2.30. The first-order valence-corrected chi connectivity index (χ1v) is 4.15. The van der Waals surface area contributed by atoms with Crippen LogP contribution in [0, 0.1) is 17.0 Å². The summed E-state index contributed by atoms with van der Waals surface area (Å²) in [5, 5.41) is 13.2. The number of nitro groups is 1. The molecule has 1 aliphatic rings. The quantitative estimate of drug-likeness (QED) is 0.535. The Hall–Kier alpha value is -1.91. The molecule has 1 heterocycles. The molecular weight excluding hydrogens is 184 g/mol. The molecule has 1 aromatic rings. The number of carbonyl (C=O) groups is 1. The zero-order chi connectivity index (χ0) is 10.3. The van der Waals surface area contributed by atoms with Gasteiger partial charge in [0.05, 0.1) is 10.5 Å². The molecule has 0 atom stereocenters. The highest BCUT2D eigenvalue weighted by atomic mass is 16.6. The maximum absolute atomic E-state index is 11.2. The Morgan fingerprint density at radius 3 is 2.86 bits per heavy atom. The second-order valence-corrected chi connectivity index (χ2v) is 3.24. The topological polar surface area (TPSA) is 72.2 Å². The summed E-state index contributed by atoms with van der Waals surface area (Å²) in [7, 11) is 0. The van der Waals surface area contributed by atoms with Crippen LogP contribution in [-0.2, 0) is 6.54 Å². The maximum atomic E-state index is 11.2. The van der Waals surface area contributed by atoms with Crippen LogP contribution in [0.15, 0.2) is 12.1 Å². The number of rotatable bonds is 1. The summed E-state index contributed by atoms with van der Waals surface area (Å²) in [6.07, 6.45) is 0. The van der Waals surface area contributed by atoms with E-state index in [1.165, 1.54) is 6.07 Å². The van der Waals surface area contributed by atoms with E-state index in [-0.39, 0.29) is 11.6 Å². The van der Waals surface area contributed by atoms with Crippen LogP contribution in [0.1, 0.15) is 21.5 Å². The van der Waals surface area contributed by atoms with Crippen LogP contribution < -0.4 is 5.32 Å². The van der Waals surface area contributed by atoms with Gasteiger partial charge in [0.2, 0.25) is 0 Å². The standard InChI is InChI=1S/C9H8N2O3/c1-5-2-6-4-10-9(12)7(6)3-8(5)11(13)14/h2-3H,4H2,1H3,(H,10,12). The molecule has 5 heteroatoms. The zero-order valence-corrected chi connectivity index (χ0v) is 7.53. The molecule has 0 fully saturated rings. The van der Waals surface area contributed by atoms with Crippen LogP contribution >= 0.6 is 0 Å². The molecule has 0 bridgehead atoms. The van der Waals surface area contributed by atoms with E-state index in [0.717, 1.165) is 5.56 Å². The molecule has 1 aromatic carbocycles. The number of amides is 1. The van der Waals surface area contributed by atoms with Gasteiger partial charge < -0.3 is 5.32 Å². The minimum absolute atomic E-state index is 0.000741. The molecule has 1 amide bonds. The number of benzene rings is 1. The second kappa shape index (κ2) is 2.80. The van der Waals surface area contributed by atoms with Crippen LogP contribution in [-0.4, -0.2) is 10.8 Å². The lowest BCUT2D eigenvalue weighted by Gasteiger charge is -1.99. The van der Waals surface area contributed by atoms with Gasteiger partial charge in [-0.25, -0.2) is 0 Å². The van der Waals surface area contributed by atoms with Gasteiger partial charge in [0, 0.05) is 18.2 Å². The van der Waals surface area contributed by atoms with Crippen molar-refractivity contribution in [3.8, 4) is 0 Å². The van der Waals surface area contributed by atoms with E-state index in [9.17, 15) is 14.9 Å². The van der Waals surface area contributed by atoms with Gasteiger partial charge in [-0.1, -0.05) is 0 Å². The molecule has 0 saturated carbocycles. The smallest absolute Gasteiger partial charge is 0.273 e. The SMILES string of the molecule is Cc1cc2c(cc1[N+](=O)[O-])C(=O)NC2. The fourth-order valence-corrected chi connectivity index (χ4v) is 1.58. The molecule has 1 aliphatic heterocycles. The third-order valence-corrected chi connectivity index (χ3v) is 2.30. The molecule has 0 unspecified atom stereocenters. The number of hydrogen-bond donors (Lipinski definition) is 1.